The number of sulfonamides is 1. The molecule has 0 radical (unpaired) electrons. The van der Waals surface area contributed by atoms with E-state index in [-0.39, 0.29) is 18.0 Å². The van der Waals surface area contributed by atoms with Crippen LogP contribution in [0.3, 0.4) is 0 Å². The van der Waals surface area contributed by atoms with Crippen molar-refractivity contribution in [2.24, 2.45) is 0 Å². The molecule has 0 N–H and O–H groups in total. The molecule has 0 aliphatic heterocycles. The smallest absolute Gasteiger partial charge is 0.243 e. The molecular weight excluding hydrogens is 604 g/mol. The fourth-order valence-electron chi connectivity index (χ4n) is 4.86. The van der Waals surface area contributed by atoms with Gasteiger partial charge in [0.05, 0.1) is 24.6 Å². The summed E-state index contributed by atoms with van der Waals surface area (Å²) in [5, 5.41) is 6.61. The molecule has 8 nitrogen and oxygen atoms in total. The molecule has 0 spiro atoms. The van der Waals surface area contributed by atoms with Crippen molar-refractivity contribution in [1.29, 1.82) is 0 Å². The maximum absolute atomic E-state index is 14.1. The molecule has 0 unspecified atom stereocenters. The minimum Gasteiger partial charge on any atom is -0.497 e. The summed E-state index contributed by atoms with van der Waals surface area (Å²) in [5.74, 6) is 1.41. The van der Waals surface area contributed by atoms with E-state index in [1.165, 1.54) is 15.6 Å². The second-order valence-corrected chi connectivity index (χ2v) is 13.1. The highest BCUT2D eigenvalue weighted by Gasteiger charge is 2.26. The number of ether oxygens (including phenoxy) is 2. The number of methoxy groups -OCH3 is 2. The maximum atomic E-state index is 14.1. The third kappa shape index (κ3) is 6.00. The molecule has 11 heteroatoms. The lowest BCUT2D eigenvalue weighted by atomic mass is 10.0. The number of hydrogen-bond donors (Lipinski definition) is 0. The highest BCUT2D eigenvalue weighted by atomic mass is 35.5. The summed E-state index contributed by atoms with van der Waals surface area (Å²) >= 11 is 7.48. The van der Waals surface area contributed by atoms with E-state index in [0.717, 1.165) is 27.8 Å². The average molecular weight is 631 g/mol. The van der Waals surface area contributed by atoms with Crippen molar-refractivity contribution in [1.82, 2.24) is 18.9 Å². The summed E-state index contributed by atoms with van der Waals surface area (Å²) in [7, 11) is -0.697. The van der Waals surface area contributed by atoms with Crippen LogP contribution >= 0.6 is 22.9 Å². The Morgan fingerprint density at radius 3 is 1.98 bits per heavy atom. The van der Waals surface area contributed by atoms with Crippen LogP contribution in [0, 0.1) is 0 Å². The summed E-state index contributed by atoms with van der Waals surface area (Å²) in [6.45, 7) is 0.367. The zero-order valence-corrected chi connectivity index (χ0v) is 25.7. The first-order valence-corrected chi connectivity index (χ1v) is 16.0. The molecule has 3 heterocycles. The van der Waals surface area contributed by atoms with Crippen molar-refractivity contribution in [3.63, 3.8) is 0 Å². The molecule has 0 aliphatic carbocycles. The molecule has 0 saturated carbocycles. The standard InChI is InChI=1S/C32H27ClN4O4S2/c1-40-25-12-6-22(7-13-25)19-36(20-23-8-14-26(41-2)15-9-23)43(38,39)27-16-10-24(11-17-27)30-29-5-3-4-18-37(29)35-31(30)28-21-42-32(33)34-28/h3-18,21H,19-20H2,1-2H3. The number of fused-ring (bicyclic) bond motifs is 1. The Bertz CT molecular complexity index is 1920. The Hall–Kier alpha value is -4.22. The Morgan fingerprint density at radius 1 is 0.837 bits per heavy atom. The van der Waals surface area contributed by atoms with Gasteiger partial charge in [0.2, 0.25) is 10.0 Å². The Balaban J connectivity index is 1.37. The first kappa shape index (κ1) is 28.9. The minimum atomic E-state index is -3.89. The van der Waals surface area contributed by atoms with Gasteiger partial charge in [0.25, 0.3) is 0 Å². The predicted molar refractivity (Wildman–Crippen MR) is 169 cm³/mol. The fraction of sp³-hybridized carbons (Fsp3) is 0.125. The van der Waals surface area contributed by atoms with Gasteiger partial charge in [-0.25, -0.2) is 17.9 Å². The van der Waals surface area contributed by atoms with Crippen LogP contribution in [-0.4, -0.2) is 41.5 Å². The van der Waals surface area contributed by atoms with Gasteiger partial charge in [0.15, 0.2) is 4.47 Å². The number of thiazole rings is 1. The second-order valence-electron chi connectivity index (χ2n) is 9.73. The molecule has 6 aromatic rings. The van der Waals surface area contributed by atoms with Crippen molar-refractivity contribution in [3.8, 4) is 34.0 Å². The lowest BCUT2D eigenvalue weighted by Crippen LogP contribution is -2.30. The van der Waals surface area contributed by atoms with Gasteiger partial charge in [-0.2, -0.15) is 9.40 Å². The van der Waals surface area contributed by atoms with Gasteiger partial charge in [0, 0.05) is 30.2 Å². The quantitative estimate of drug-likeness (QED) is 0.159. The zero-order valence-electron chi connectivity index (χ0n) is 23.3. The van der Waals surface area contributed by atoms with E-state index in [2.05, 4.69) is 4.98 Å². The molecule has 0 saturated heterocycles. The number of halogens is 1. The van der Waals surface area contributed by atoms with E-state index in [9.17, 15) is 8.42 Å². The monoisotopic (exact) mass is 630 g/mol. The molecular formula is C32H27ClN4O4S2. The van der Waals surface area contributed by atoms with Crippen LogP contribution in [-0.2, 0) is 23.1 Å². The molecule has 6 rings (SSSR count). The number of rotatable bonds is 10. The van der Waals surface area contributed by atoms with Crippen LogP contribution < -0.4 is 9.47 Å². The number of benzene rings is 3. The summed E-state index contributed by atoms with van der Waals surface area (Å²) in [4.78, 5) is 4.62. The highest BCUT2D eigenvalue weighted by molar-refractivity contribution is 7.89. The van der Waals surface area contributed by atoms with E-state index in [0.29, 0.717) is 27.4 Å². The fourth-order valence-corrected chi connectivity index (χ4v) is 7.03. The molecule has 3 aromatic carbocycles. The Labute approximate surface area is 258 Å². The summed E-state index contributed by atoms with van der Waals surface area (Å²) in [6, 6.07) is 27.5. The van der Waals surface area contributed by atoms with Crippen LogP contribution in [0.1, 0.15) is 11.1 Å². The summed E-state index contributed by atoms with van der Waals surface area (Å²) < 4.78 is 42.5. The van der Waals surface area contributed by atoms with E-state index < -0.39 is 10.0 Å². The molecule has 43 heavy (non-hydrogen) atoms. The number of pyridine rings is 1. The average Bonchev–Trinajstić information content (AvgIpc) is 3.65. The number of hydrogen-bond acceptors (Lipinski definition) is 7. The van der Waals surface area contributed by atoms with Crippen LogP contribution in [0.5, 0.6) is 11.5 Å². The minimum absolute atomic E-state index is 0.183. The van der Waals surface area contributed by atoms with E-state index in [1.54, 1.807) is 30.9 Å². The highest BCUT2D eigenvalue weighted by Crippen LogP contribution is 2.37. The van der Waals surface area contributed by atoms with E-state index >= 15 is 0 Å². The lowest BCUT2D eigenvalue weighted by molar-refractivity contribution is 0.397. The SMILES string of the molecule is COc1ccc(CN(Cc2ccc(OC)cc2)S(=O)(=O)c2ccc(-c3c(-c4csc(Cl)n4)nn4ccccc34)cc2)cc1. The van der Waals surface area contributed by atoms with Gasteiger partial charge in [0.1, 0.15) is 22.9 Å². The molecule has 0 amide bonds. The third-order valence-corrected chi connectivity index (χ3v) is 9.86. The largest absolute Gasteiger partial charge is 0.497 e. The van der Waals surface area contributed by atoms with Crippen LogP contribution in [0.25, 0.3) is 28.0 Å². The van der Waals surface area contributed by atoms with Crippen molar-refractivity contribution in [3.05, 3.63) is 118 Å². The van der Waals surface area contributed by atoms with Crippen LogP contribution in [0.4, 0.5) is 0 Å². The molecule has 0 bridgehead atoms. The van der Waals surface area contributed by atoms with E-state index in [1.807, 2.05) is 90.4 Å². The van der Waals surface area contributed by atoms with E-state index in [4.69, 9.17) is 26.2 Å². The zero-order chi connectivity index (χ0) is 30.0. The first-order valence-electron chi connectivity index (χ1n) is 13.3. The van der Waals surface area contributed by atoms with Gasteiger partial charge < -0.3 is 9.47 Å². The van der Waals surface area contributed by atoms with Crippen LogP contribution in [0.2, 0.25) is 4.47 Å². The number of aromatic nitrogens is 3. The normalized spacial score (nSPS) is 11.7. The molecule has 218 valence electrons. The third-order valence-electron chi connectivity index (χ3n) is 7.08. The van der Waals surface area contributed by atoms with Crippen LogP contribution in [0.15, 0.2) is 107 Å². The van der Waals surface area contributed by atoms with Gasteiger partial charge in [-0.3, -0.25) is 0 Å². The molecule has 0 fully saturated rings. The maximum Gasteiger partial charge on any atom is 0.243 e. The van der Waals surface area contributed by atoms with Crippen molar-refractivity contribution in [2.45, 2.75) is 18.0 Å². The topological polar surface area (TPSA) is 86.0 Å². The Morgan fingerprint density at radius 2 is 1.44 bits per heavy atom. The predicted octanol–water partition coefficient (Wildman–Crippen LogP) is 7.19. The van der Waals surface area contributed by atoms with Crippen molar-refractivity contribution < 1.29 is 17.9 Å². The van der Waals surface area contributed by atoms with Gasteiger partial charge in [-0.15, -0.1) is 11.3 Å². The van der Waals surface area contributed by atoms with Crippen molar-refractivity contribution >= 4 is 38.5 Å². The molecule has 0 aliphatic rings. The summed E-state index contributed by atoms with van der Waals surface area (Å²) in [6.07, 6.45) is 1.87. The number of nitrogens with zero attached hydrogens (tertiary/aromatic N) is 4. The molecule has 3 aromatic heterocycles. The Kier molecular flexibility index (Phi) is 8.18. The van der Waals surface area contributed by atoms with Crippen molar-refractivity contribution in [2.75, 3.05) is 14.2 Å². The second kappa shape index (κ2) is 12.2. The van der Waals surface area contributed by atoms with Gasteiger partial charge in [-0.1, -0.05) is 54.1 Å². The summed E-state index contributed by atoms with van der Waals surface area (Å²) in [5.41, 5.74) is 5.55. The van der Waals surface area contributed by atoms with Gasteiger partial charge in [-0.05, 0) is 65.2 Å². The lowest BCUT2D eigenvalue weighted by Gasteiger charge is -2.23. The first-order chi connectivity index (χ1) is 20.9. The molecule has 0 atom stereocenters. The van der Waals surface area contributed by atoms with Gasteiger partial charge >= 0.3 is 0 Å².